The molecule has 0 bridgehead atoms. The molecule has 0 aliphatic rings. The van der Waals surface area contributed by atoms with Gasteiger partial charge >= 0.3 is 17.1 Å². The van der Waals surface area contributed by atoms with Gasteiger partial charge < -0.3 is 19.8 Å². The molecule has 0 saturated carbocycles. The summed E-state index contributed by atoms with van der Waals surface area (Å²) in [7, 11) is 0. The first kappa shape index (κ1) is 24.6. The van der Waals surface area contributed by atoms with Gasteiger partial charge in [-0.15, -0.1) is 0 Å². The second-order valence-electron chi connectivity index (χ2n) is 3.04. The Labute approximate surface area is 109 Å². The Balaban J connectivity index is -0.0000000700. The number of carbonyl (C=O) groups excluding carboxylic acids is 2. The van der Waals surface area contributed by atoms with Crippen LogP contribution >= 0.6 is 0 Å². The number of carboxylic acids is 2. The van der Waals surface area contributed by atoms with Crippen molar-refractivity contribution >= 4 is 11.9 Å². The second kappa shape index (κ2) is 23.9. The zero-order chi connectivity index (χ0) is 12.7. The van der Waals surface area contributed by atoms with Gasteiger partial charge in [-0.25, -0.2) is 0 Å². The summed E-state index contributed by atoms with van der Waals surface area (Å²) in [6, 6.07) is 0. The largest absolute Gasteiger partial charge is 2.00 e. The van der Waals surface area contributed by atoms with Crippen molar-refractivity contribution in [2.75, 3.05) is 0 Å². The first-order chi connectivity index (χ1) is 6.88. The smallest absolute Gasteiger partial charge is 0.550 e. The van der Waals surface area contributed by atoms with E-state index in [0.29, 0.717) is 0 Å². The van der Waals surface area contributed by atoms with Crippen LogP contribution in [-0.4, -0.2) is 11.9 Å². The molecule has 0 spiro atoms. The maximum Gasteiger partial charge on any atom is 2.00 e. The first-order valence-corrected chi connectivity index (χ1v) is 5.23. The topological polar surface area (TPSA) is 80.3 Å². The van der Waals surface area contributed by atoms with Gasteiger partial charge in [0.1, 0.15) is 0 Å². The van der Waals surface area contributed by atoms with Gasteiger partial charge in [-0.3, -0.25) is 0 Å². The average Bonchev–Trinajstić information content (AvgIpc) is 2.03. The molecule has 0 aliphatic heterocycles. The van der Waals surface area contributed by atoms with Crippen molar-refractivity contribution in [1.82, 2.24) is 0 Å². The van der Waals surface area contributed by atoms with Crippen molar-refractivity contribution in [2.24, 2.45) is 0 Å². The van der Waals surface area contributed by atoms with Crippen LogP contribution in [0.1, 0.15) is 59.8 Å². The summed E-state index contributed by atoms with van der Waals surface area (Å²) in [4.78, 5) is 17.8. The van der Waals surface area contributed by atoms with Gasteiger partial charge in [0, 0.05) is 11.9 Å². The third-order valence-electron chi connectivity index (χ3n) is 1.21. The molecule has 0 aromatic carbocycles. The summed E-state index contributed by atoms with van der Waals surface area (Å²) >= 11 is 0. The molecule has 0 aromatic heterocycles. The molecule has 0 aromatic rings. The maximum atomic E-state index is 8.89. The van der Waals surface area contributed by atoms with E-state index in [2.05, 4.69) is 13.8 Å². The number of aliphatic carboxylic acids is 2. The molecule has 5 heteroatoms. The van der Waals surface area contributed by atoms with Crippen LogP contribution in [0.2, 0.25) is 0 Å². The fraction of sp³-hybridized carbons (Fsp3) is 0.818. The van der Waals surface area contributed by atoms with Gasteiger partial charge in [0.05, 0.1) is 0 Å². The molecule has 0 saturated heterocycles. The molecule has 0 fully saturated rings. The van der Waals surface area contributed by atoms with Gasteiger partial charge in [0.25, 0.3) is 0 Å². The van der Waals surface area contributed by atoms with E-state index in [9.17, 15) is 0 Å². The fourth-order valence-electron chi connectivity index (χ4n) is 0.677. The molecule has 0 amide bonds. The summed E-state index contributed by atoms with van der Waals surface area (Å²) < 4.78 is 0. The van der Waals surface area contributed by atoms with Crippen molar-refractivity contribution in [2.45, 2.75) is 59.8 Å². The SMILES string of the molecule is CC(=O)[O-].CC(=O)[O-].CCCCCCC.[Fe+2]. The molecule has 0 unspecified atom stereocenters. The number of unbranched alkanes of at least 4 members (excludes halogenated alkanes) is 4. The zero-order valence-electron chi connectivity index (χ0n) is 10.5. The summed E-state index contributed by atoms with van der Waals surface area (Å²) in [5.74, 6) is -2.17. The van der Waals surface area contributed by atoms with E-state index in [4.69, 9.17) is 19.8 Å². The number of hydrogen-bond donors (Lipinski definition) is 0. The molecule has 0 N–H and O–H groups in total. The van der Waals surface area contributed by atoms with Crippen LogP contribution in [0.25, 0.3) is 0 Å². The van der Waals surface area contributed by atoms with Crippen molar-refractivity contribution in [3.8, 4) is 0 Å². The minimum atomic E-state index is -1.08. The second-order valence-corrected chi connectivity index (χ2v) is 3.04. The zero-order valence-corrected chi connectivity index (χ0v) is 11.6. The van der Waals surface area contributed by atoms with E-state index < -0.39 is 11.9 Å². The third kappa shape index (κ3) is 175. The summed E-state index contributed by atoms with van der Waals surface area (Å²) in [6.07, 6.45) is 7.01. The van der Waals surface area contributed by atoms with Crippen LogP contribution in [0.4, 0.5) is 0 Å². The van der Waals surface area contributed by atoms with Crippen LogP contribution in [0.3, 0.4) is 0 Å². The van der Waals surface area contributed by atoms with Crippen molar-refractivity contribution in [1.29, 1.82) is 0 Å². The molecule has 0 radical (unpaired) electrons. The monoisotopic (exact) mass is 274 g/mol. The van der Waals surface area contributed by atoms with E-state index in [1.165, 1.54) is 32.1 Å². The molecule has 0 aliphatic carbocycles. The Morgan fingerprint density at radius 1 is 0.812 bits per heavy atom. The van der Waals surface area contributed by atoms with E-state index in [1.54, 1.807) is 0 Å². The molecule has 16 heavy (non-hydrogen) atoms. The Morgan fingerprint density at radius 3 is 1.12 bits per heavy atom. The number of rotatable bonds is 4. The molecular weight excluding hydrogens is 252 g/mol. The van der Waals surface area contributed by atoms with Crippen molar-refractivity contribution in [3.63, 3.8) is 0 Å². The molecule has 0 rings (SSSR count). The van der Waals surface area contributed by atoms with Gasteiger partial charge in [0.2, 0.25) is 0 Å². The number of carbonyl (C=O) groups is 2. The predicted molar refractivity (Wildman–Crippen MR) is 55.8 cm³/mol. The van der Waals surface area contributed by atoms with Crippen LogP contribution in [-0.2, 0) is 26.7 Å². The Kier molecular flexibility index (Phi) is 36.8. The van der Waals surface area contributed by atoms with Crippen molar-refractivity contribution in [3.05, 3.63) is 0 Å². The van der Waals surface area contributed by atoms with E-state index in [-0.39, 0.29) is 17.1 Å². The first-order valence-electron chi connectivity index (χ1n) is 5.23. The van der Waals surface area contributed by atoms with Crippen LogP contribution < -0.4 is 10.2 Å². The minimum Gasteiger partial charge on any atom is -0.550 e. The quantitative estimate of drug-likeness (QED) is 0.552. The Bertz CT molecular complexity index is 125. The standard InChI is InChI=1S/C7H16.2C2H4O2.Fe/c1-3-5-7-6-4-2;2*1-2(3)4;/h3-7H2,1-2H3;2*1H3,(H,3,4);/q;;;+2/p-2. The molecular formula is C11H22FeO4. The van der Waals surface area contributed by atoms with E-state index in [0.717, 1.165) is 13.8 Å². The van der Waals surface area contributed by atoms with Gasteiger partial charge in [-0.1, -0.05) is 46.0 Å². The van der Waals surface area contributed by atoms with E-state index >= 15 is 0 Å². The summed E-state index contributed by atoms with van der Waals surface area (Å²) in [5.41, 5.74) is 0. The van der Waals surface area contributed by atoms with E-state index in [1.807, 2.05) is 0 Å². The third-order valence-corrected chi connectivity index (χ3v) is 1.21. The molecule has 0 heterocycles. The number of carboxylic acid groups (broad SMARTS) is 2. The van der Waals surface area contributed by atoms with Gasteiger partial charge in [0.15, 0.2) is 0 Å². The van der Waals surface area contributed by atoms with Crippen LogP contribution in [0.5, 0.6) is 0 Å². The van der Waals surface area contributed by atoms with Crippen molar-refractivity contribution < 1.29 is 36.9 Å². The van der Waals surface area contributed by atoms with Crippen LogP contribution in [0.15, 0.2) is 0 Å². The van der Waals surface area contributed by atoms with Gasteiger partial charge in [-0.05, 0) is 13.8 Å². The Hall–Kier alpha value is -0.541. The molecule has 98 valence electrons. The summed E-state index contributed by atoms with van der Waals surface area (Å²) in [5, 5.41) is 17.8. The molecule has 0 atom stereocenters. The fourth-order valence-corrected chi connectivity index (χ4v) is 0.677. The summed E-state index contributed by atoms with van der Waals surface area (Å²) in [6.45, 7) is 6.44. The molecule has 4 nitrogen and oxygen atoms in total. The minimum absolute atomic E-state index is 0. The average molecular weight is 274 g/mol. The number of hydrogen-bond acceptors (Lipinski definition) is 4. The van der Waals surface area contributed by atoms with Gasteiger partial charge in [-0.2, -0.15) is 0 Å². The van der Waals surface area contributed by atoms with Crippen LogP contribution in [0, 0.1) is 0 Å². The maximum absolute atomic E-state index is 8.89. The predicted octanol–water partition coefficient (Wildman–Crippen LogP) is 0.487. The Morgan fingerprint density at radius 2 is 1.00 bits per heavy atom. The normalized spacial score (nSPS) is 7.25.